The van der Waals surface area contributed by atoms with Crippen molar-refractivity contribution < 1.29 is 22.5 Å². The second-order valence-electron chi connectivity index (χ2n) is 6.25. The quantitative estimate of drug-likeness (QED) is 0.569. The highest BCUT2D eigenvalue weighted by atomic mass is 32.2. The van der Waals surface area contributed by atoms with Gasteiger partial charge in [0, 0.05) is 13.0 Å². The second kappa shape index (κ2) is 9.33. The van der Waals surface area contributed by atoms with Crippen LogP contribution in [0.3, 0.4) is 0 Å². The summed E-state index contributed by atoms with van der Waals surface area (Å²) in [6, 6.07) is 15.9. The van der Waals surface area contributed by atoms with Crippen LogP contribution in [-0.2, 0) is 22.7 Å². The zero-order valence-electron chi connectivity index (χ0n) is 15.9. The smallest absolute Gasteiger partial charge is 0.315 e. The lowest BCUT2D eigenvalue weighted by atomic mass is 10.1. The molecule has 0 saturated heterocycles. The number of sulfone groups is 1. The van der Waals surface area contributed by atoms with Crippen LogP contribution < -0.4 is 10.1 Å². The topological polar surface area (TPSA) is 111 Å². The molecule has 1 aromatic heterocycles. The van der Waals surface area contributed by atoms with Crippen LogP contribution in [0, 0.1) is 0 Å². The number of amides is 1. The molecule has 8 nitrogen and oxygen atoms in total. The molecule has 2 aromatic carbocycles. The summed E-state index contributed by atoms with van der Waals surface area (Å²) in [6.07, 6.45) is 0.711. The van der Waals surface area contributed by atoms with Crippen molar-refractivity contribution in [2.75, 3.05) is 19.4 Å². The number of hydrogen-bond donors (Lipinski definition) is 1. The first-order valence-corrected chi connectivity index (χ1v) is 10.6. The van der Waals surface area contributed by atoms with E-state index in [-0.39, 0.29) is 28.8 Å². The lowest BCUT2D eigenvalue weighted by molar-refractivity contribution is 0.0910. The van der Waals surface area contributed by atoms with Crippen LogP contribution in [0.5, 0.6) is 5.75 Å². The Bertz CT molecular complexity index is 1050. The van der Waals surface area contributed by atoms with Crippen LogP contribution in [0.15, 0.2) is 64.0 Å². The Hall–Kier alpha value is -3.20. The van der Waals surface area contributed by atoms with Crippen LogP contribution >= 0.6 is 0 Å². The van der Waals surface area contributed by atoms with Gasteiger partial charge >= 0.3 is 11.8 Å². The third-order valence-electron chi connectivity index (χ3n) is 4.22. The Kier molecular flexibility index (Phi) is 6.61. The second-order valence-corrected chi connectivity index (χ2v) is 8.36. The zero-order valence-corrected chi connectivity index (χ0v) is 16.7. The Morgan fingerprint density at radius 2 is 1.79 bits per heavy atom. The van der Waals surface area contributed by atoms with Crippen LogP contribution in [0.4, 0.5) is 0 Å². The lowest BCUT2D eigenvalue weighted by Gasteiger charge is -2.04. The number of benzene rings is 2. The molecular weight excluding hydrogens is 394 g/mol. The van der Waals surface area contributed by atoms with Gasteiger partial charge in [-0.1, -0.05) is 35.5 Å². The normalized spacial score (nSPS) is 11.2. The number of carbonyl (C=O) groups excluding carboxylic acids is 1. The van der Waals surface area contributed by atoms with Crippen LogP contribution in [0.2, 0.25) is 0 Å². The van der Waals surface area contributed by atoms with E-state index in [1.807, 2.05) is 30.3 Å². The SMILES string of the molecule is COc1ccc(S(=O)(=O)CCc2noc(C(=O)NCCc3ccccc3)n2)cc1. The highest BCUT2D eigenvalue weighted by Gasteiger charge is 2.19. The molecule has 0 aliphatic rings. The molecule has 0 aliphatic heterocycles. The molecule has 0 atom stereocenters. The minimum absolute atomic E-state index is 0.0369. The minimum Gasteiger partial charge on any atom is -0.497 e. The molecule has 0 spiro atoms. The molecule has 29 heavy (non-hydrogen) atoms. The lowest BCUT2D eigenvalue weighted by Crippen LogP contribution is -2.26. The molecule has 152 valence electrons. The fourth-order valence-corrected chi connectivity index (χ4v) is 3.85. The van der Waals surface area contributed by atoms with Crippen molar-refractivity contribution in [1.29, 1.82) is 0 Å². The summed E-state index contributed by atoms with van der Waals surface area (Å²) in [6.45, 7) is 0.423. The number of carbonyl (C=O) groups is 1. The van der Waals surface area contributed by atoms with Crippen molar-refractivity contribution in [1.82, 2.24) is 15.5 Å². The van der Waals surface area contributed by atoms with E-state index in [0.717, 1.165) is 5.56 Å². The van der Waals surface area contributed by atoms with E-state index < -0.39 is 15.7 Å². The van der Waals surface area contributed by atoms with Gasteiger partial charge in [-0.3, -0.25) is 4.79 Å². The van der Waals surface area contributed by atoms with E-state index in [2.05, 4.69) is 15.5 Å². The van der Waals surface area contributed by atoms with Crippen molar-refractivity contribution in [3.05, 3.63) is 71.9 Å². The van der Waals surface area contributed by atoms with Gasteiger partial charge < -0.3 is 14.6 Å². The molecule has 0 bridgehead atoms. The summed E-state index contributed by atoms with van der Waals surface area (Å²) in [5.74, 6) is -0.138. The molecule has 1 amide bonds. The van der Waals surface area contributed by atoms with Crippen LogP contribution in [-0.4, -0.2) is 43.9 Å². The van der Waals surface area contributed by atoms with E-state index in [9.17, 15) is 13.2 Å². The molecule has 1 heterocycles. The van der Waals surface area contributed by atoms with Crippen molar-refractivity contribution >= 4 is 15.7 Å². The summed E-state index contributed by atoms with van der Waals surface area (Å²) in [5.41, 5.74) is 1.10. The predicted octanol–water partition coefficient (Wildman–Crippen LogP) is 2.07. The van der Waals surface area contributed by atoms with Crippen molar-refractivity contribution in [3.63, 3.8) is 0 Å². The molecule has 0 fully saturated rings. The summed E-state index contributed by atoms with van der Waals surface area (Å²) >= 11 is 0. The van der Waals surface area contributed by atoms with Gasteiger partial charge in [-0.15, -0.1) is 0 Å². The first-order chi connectivity index (χ1) is 14.0. The summed E-state index contributed by atoms with van der Waals surface area (Å²) in [7, 11) is -2.01. The third-order valence-corrected chi connectivity index (χ3v) is 5.95. The average molecular weight is 415 g/mol. The molecule has 1 N–H and O–H groups in total. The van der Waals surface area contributed by atoms with Gasteiger partial charge in [0.1, 0.15) is 5.75 Å². The number of aryl methyl sites for hydroxylation is 1. The van der Waals surface area contributed by atoms with Gasteiger partial charge in [-0.25, -0.2) is 8.42 Å². The Balaban J connectivity index is 1.52. The maximum absolute atomic E-state index is 12.4. The molecule has 0 unspecified atom stereocenters. The zero-order chi connectivity index (χ0) is 20.7. The summed E-state index contributed by atoms with van der Waals surface area (Å²) in [4.78, 5) is 16.3. The van der Waals surface area contributed by atoms with Gasteiger partial charge in [0.2, 0.25) is 0 Å². The van der Waals surface area contributed by atoms with Crippen molar-refractivity contribution in [2.24, 2.45) is 0 Å². The molecule has 9 heteroatoms. The van der Waals surface area contributed by atoms with E-state index in [4.69, 9.17) is 9.26 Å². The number of nitrogens with one attached hydrogen (secondary N) is 1. The van der Waals surface area contributed by atoms with Crippen LogP contribution in [0.1, 0.15) is 22.1 Å². The molecule has 3 aromatic rings. The maximum atomic E-state index is 12.4. The highest BCUT2D eigenvalue weighted by molar-refractivity contribution is 7.91. The first-order valence-electron chi connectivity index (χ1n) is 8.99. The summed E-state index contributed by atoms with van der Waals surface area (Å²) in [5, 5.41) is 6.40. The Morgan fingerprint density at radius 3 is 2.48 bits per heavy atom. The third kappa shape index (κ3) is 5.64. The van der Waals surface area contributed by atoms with E-state index in [0.29, 0.717) is 18.7 Å². The Morgan fingerprint density at radius 1 is 1.07 bits per heavy atom. The number of rotatable bonds is 9. The van der Waals surface area contributed by atoms with Gasteiger partial charge in [-0.2, -0.15) is 4.98 Å². The minimum atomic E-state index is -3.52. The fraction of sp³-hybridized carbons (Fsp3) is 0.250. The number of methoxy groups -OCH3 is 1. The largest absolute Gasteiger partial charge is 0.497 e. The van der Waals surface area contributed by atoms with Gasteiger partial charge in [0.25, 0.3) is 0 Å². The monoisotopic (exact) mass is 415 g/mol. The number of ether oxygens (including phenoxy) is 1. The number of hydrogen-bond acceptors (Lipinski definition) is 7. The van der Waals surface area contributed by atoms with Gasteiger partial charge in [0.05, 0.1) is 17.8 Å². The molecule has 3 rings (SSSR count). The van der Waals surface area contributed by atoms with Gasteiger partial charge in [-0.05, 0) is 36.2 Å². The standard InChI is InChI=1S/C20H21N3O5S/c1-27-16-7-9-17(10-8-16)29(25,26)14-12-18-22-20(28-23-18)19(24)21-13-11-15-5-3-2-4-6-15/h2-10H,11-14H2,1H3,(H,21,24). The molecule has 0 radical (unpaired) electrons. The van der Waals surface area contributed by atoms with Gasteiger partial charge in [0.15, 0.2) is 15.7 Å². The predicted molar refractivity (Wildman–Crippen MR) is 106 cm³/mol. The van der Waals surface area contributed by atoms with Crippen molar-refractivity contribution in [2.45, 2.75) is 17.7 Å². The van der Waals surface area contributed by atoms with Crippen molar-refractivity contribution in [3.8, 4) is 5.75 Å². The Labute approximate surface area is 168 Å². The summed E-state index contributed by atoms with van der Waals surface area (Å²) < 4.78 is 34.8. The molecular formula is C20H21N3O5S. The molecule has 0 saturated carbocycles. The van der Waals surface area contributed by atoms with E-state index in [1.165, 1.54) is 19.2 Å². The fourth-order valence-electron chi connectivity index (χ4n) is 2.61. The average Bonchev–Trinajstić information content (AvgIpc) is 3.22. The molecule has 0 aliphatic carbocycles. The van der Waals surface area contributed by atoms with E-state index in [1.54, 1.807) is 12.1 Å². The maximum Gasteiger partial charge on any atom is 0.315 e. The van der Waals surface area contributed by atoms with Crippen LogP contribution in [0.25, 0.3) is 0 Å². The number of nitrogens with zero attached hydrogens (tertiary/aromatic N) is 2. The highest BCUT2D eigenvalue weighted by Crippen LogP contribution is 2.17. The first kappa shape index (κ1) is 20.5. The number of aromatic nitrogens is 2. The van der Waals surface area contributed by atoms with E-state index >= 15 is 0 Å².